The van der Waals surface area contributed by atoms with Gasteiger partial charge in [-0.15, -0.1) is 11.3 Å². The van der Waals surface area contributed by atoms with E-state index in [-0.39, 0.29) is 5.69 Å². The fourth-order valence-electron chi connectivity index (χ4n) is 2.44. The van der Waals surface area contributed by atoms with Gasteiger partial charge in [0.15, 0.2) is 5.69 Å². The number of hydrogen-bond acceptors (Lipinski definition) is 5. The topological polar surface area (TPSA) is 77.2 Å². The van der Waals surface area contributed by atoms with Gasteiger partial charge in [0, 0.05) is 29.9 Å². The first kappa shape index (κ1) is 14.9. The Hall–Kier alpha value is -1.99. The number of carboxylic acids is 1. The molecule has 0 unspecified atom stereocenters. The molecule has 0 aliphatic carbocycles. The second kappa shape index (κ2) is 6.41. The molecule has 1 saturated heterocycles. The van der Waals surface area contributed by atoms with Gasteiger partial charge in [-0.2, -0.15) is 5.10 Å². The summed E-state index contributed by atoms with van der Waals surface area (Å²) in [7, 11) is 0. The third-order valence-electron chi connectivity index (χ3n) is 3.62. The van der Waals surface area contributed by atoms with Crippen LogP contribution in [0, 0.1) is 6.92 Å². The van der Waals surface area contributed by atoms with Crippen molar-refractivity contribution in [3.8, 4) is 0 Å². The summed E-state index contributed by atoms with van der Waals surface area (Å²) in [5.74, 6) is -0.985. The van der Waals surface area contributed by atoms with Gasteiger partial charge in [0.1, 0.15) is 5.01 Å². The van der Waals surface area contributed by atoms with Crippen LogP contribution < -0.4 is 0 Å². The van der Waals surface area contributed by atoms with Crippen LogP contribution in [0.2, 0.25) is 0 Å². The molecule has 2 aromatic rings. The lowest BCUT2D eigenvalue weighted by Crippen LogP contribution is -2.19. The van der Waals surface area contributed by atoms with Gasteiger partial charge in [-0.05, 0) is 31.9 Å². The summed E-state index contributed by atoms with van der Waals surface area (Å²) in [5, 5.41) is 14.1. The minimum atomic E-state index is -0.985. The van der Waals surface area contributed by atoms with Gasteiger partial charge in [0.25, 0.3) is 0 Å². The van der Waals surface area contributed by atoms with Crippen molar-refractivity contribution in [1.29, 1.82) is 0 Å². The number of carbonyl (C=O) groups is 1. The van der Waals surface area contributed by atoms with Crippen LogP contribution in [-0.4, -0.2) is 39.1 Å². The van der Waals surface area contributed by atoms with Crippen LogP contribution in [0.5, 0.6) is 0 Å². The van der Waals surface area contributed by atoms with E-state index in [9.17, 15) is 4.79 Å². The first-order chi connectivity index (χ1) is 10.6. The Labute approximate surface area is 132 Å². The van der Waals surface area contributed by atoms with E-state index in [2.05, 4.69) is 10.1 Å². The first-order valence-electron chi connectivity index (χ1n) is 7.14. The lowest BCUT2D eigenvalue weighted by atomic mass is 10.1. The van der Waals surface area contributed by atoms with E-state index < -0.39 is 5.97 Å². The predicted octanol–water partition coefficient (Wildman–Crippen LogP) is 2.87. The fraction of sp³-hybridized carbons (Fsp3) is 0.400. The molecule has 0 saturated carbocycles. The van der Waals surface area contributed by atoms with Crippen LogP contribution in [0.1, 0.15) is 44.8 Å². The van der Waals surface area contributed by atoms with Crippen molar-refractivity contribution >= 4 is 29.5 Å². The maximum absolute atomic E-state index is 11.0. The Morgan fingerprint density at radius 1 is 1.45 bits per heavy atom. The molecule has 0 spiro atoms. The number of thiazole rings is 1. The lowest BCUT2D eigenvalue weighted by molar-refractivity contribution is 0.0662. The molecule has 22 heavy (non-hydrogen) atoms. The highest BCUT2D eigenvalue weighted by Gasteiger charge is 2.16. The van der Waals surface area contributed by atoms with Crippen molar-refractivity contribution in [3.05, 3.63) is 33.5 Å². The Bertz CT molecular complexity index is 699. The van der Waals surface area contributed by atoms with Gasteiger partial charge in [-0.25, -0.2) is 9.78 Å². The number of carboxylic acid groups (broad SMARTS) is 1. The zero-order valence-corrected chi connectivity index (χ0v) is 13.0. The second-order valence-electron chi connectivity index (χ2n) is 5.19. The van der Waals surface area contributed by atoms with E-state index in [4.69, 9.17) is 9.84 Å². The van der Waals surface area contributed by atoms with E-state index in [1.807, 2.05) is 29.2 Å². The van der Waals surface area contributed by atoms with Crippen LogP contribution >= 0.6 is 11.3 Å². The largest absolute Gasteiger partial charge is 0.476 e. The molecule has 2 aromatic heterocycles. The average molecular weight is 319 g/mol. The quantitative estimate of drug-likeness (QED) is 0.937. The highest BCUT2D eigenvalue weighted by atomic mass is 32.1. The van der Waals surface area contributed by atoms with E-state index in [0.29, 0.717) is 15.9 Å². The SMILES string of the molecule is Cc1sc(/C=C/c2cnn(C3CCOCC3)c2)nc1C(=O)O. The molecule has 0 amide bonds. The Balaban J connectivity index is 1.71. The van der Waals surface area contributed by atoms with Gasteiger partial charge < -0.3 is 9.84 Å². The minimum Gasteiger partial charge on any atom is -0.476 e. The monoisotopic (exact) mass is 319 g/mol. The number of rotatable bonds is 4. The molecule has 0 bridgehead atoms. The molecule has 1 aliphatic heterocycles. The van der Waals surface area contributed by atoms with E-state index in [1.165, 1.54) is 11.3 Å². The third kappa shape index (κ3) is 3.26. The minimum absolute atomic E-state index is 0.127. The van der Waals surface area contributed by atoms with Crippen molar-refractivity contribution in [2.45, 2.75) is 25.8 Å². The molecular weight excluding hydrogens is 302 g/mol. The molecule has 116 valence electrons. The molecule has 1 fully saturated rings. The summed E-state index contributed by atoms with van der Waals surface area (Å²) < 4.78 is 7.34. The number of aromatic nitrogens is 3. The smallest absolute Gasteiger partial charge is 0.355 e. The fourth-order valence-corrected chi connectivity index (χ4v) is 3.26. The maximum atomic E-state index is 11.0. The van der Waals surface area contributed by atoms with Crippen LogP contribution in [0.15, 0.2) is 12.4 Å². The molecular formula is C15H17N3O3S. The number of aryl methyl sites for hydroxylation is 1. The van der Waals surface area contributed by atoms with Gasteiger partial charge in [-0.1, -0.05) is 0 Å². The number of ether oxygens (including phenoxy) is 1. The number of hydrogen-bond donors (Lipinski definition) is 1. The standard InChI is InChI=1S/C15H17N3O3S/c1-10-14(15(19)20)17-13(22-10)3-2-11-8-16-18(9-11)12-4-6-21-7-5-12/h2-3,8-9,12H,4-7H2,1H3,(H,19,20)/b3-2+. The summed E-state index contributed by atoms with van der Waals surface area (Å²) in [6.45, 7) is 3.33. The van der Waals surface area contributed by atoms with Gasteiger partial charge in [0.05, 0.1) is 12.2 Å². The predicted molar refractivity (Wildman–Crippen MR) is 84.1 cm³/mol. The third-order valence-corrected chi connectivity index (χ3v) is 4.56. The summed E-state index contributed by atoms with van der Waals surface area (Å²) in [5.41, 5.74) is 1.11. The molecule has 3 heterocycles. The lowest BCUT2D eigenvalue weighted by Gasteiger charge is -2.22. The molecule has 6 nitrogen and oxygen atoms in total. The summed E-state index contributed by atoms with van der Waals surface area (Å²) in [6.07, 6.45) is 9.52. The van der Waals surface area contributed by atoms with E-state index in [0.717, 1.165) is 31.6 Å². The molecule has 1 aliphatic rings. The zero-order valence-electron chi connectivity index (χ0n) is 12.2. The molecule has 0 aromatic carbocycles. The number of aromatic carboxylic acids is 1. The summed E-state index contributed by atoms with van der Waals surface area (Å²) in [6, 6.07) is 0.400. The zero-order chi connectivity index (χ0) is 15.5. The van der Waals surface area contributed by atoms with Crippen LogP contribution in [0.4, 0.5) is 0 Å². The van der Waals surface area contributed by atoms with E-state index in [1.54, 1.807) is 6.92 Å². The van der Waals surface area contributed by atoms with Gasteiger partial charge in [-0.3, -0.25) is 4.68 Å². The summed E-state index contributed by atoms with van der Waals surface area (Å²) in [4.78, 5) is 15.8. The van der Waals surface area contributed by atoms with Crippen molar-refractivity contribution < 1.29 is 14.6 Å². The van der Waals surface area contributed by atoms with Crippen LogP contribution in [0.3, 0.4) is 0 Å². The van der Waals surface area contributed by atoms with Gasteiger partial charge in [0.2, 0.25) is 0 Å². The summed E-state index contributed by atoms with van der Waals surface area (Å²) >= 11 is 1.37. The Kier molecular flexibility index (Phi) is 4.35. The average Bonchev–Trinajstić information content (AvgIpc) is 3.12. The molecule has 0 radical (unpaired) electrons. The van der Waals surface area contributed by atoms with Gasteiger partial charge >= 0.3 is 5.97 Å². The Morgan fingerprint density at radius 3 is 2.91 bits per heavy atom. The first-order valence-corrected chi connectivity index (χ1v) is 7.96. The maximum Gasteiger partial charge on any atom is 0.355 e. The second-order valence-corrected chi connectivity index (χ2v) is 6.43. The van der Waals surface area contributed by atoms with Crippen molar-refractivity contribution in [1.82, 2.24) is 14.8 Å². The van der Waals surface area contributed by atoms with Crippen molar-refractivity contribution in [3.63, 3.8) is 0 Å². The molecule has 0 atom stereocenters. The highest BCUT2D eigenvalue weighted by molar-refractivity contribution is 7.12. The van der Waals surface area contributed by atoms with Crippen molar-refractivity contribution in [2.75, 3.05) is 13.2 Å². The van der Waals surface area contributed by atoms with Crippen LogP contribution in [-0.2, 0) is 4.74 Å². The normalized spacial score (nSPS) is 16.4. The number of nitrogens with zero attached hydrogens (tertiary/aromatic N) is 3. The molecule has 7 heteroatoms. The highest BCUT2D eigenvalue weighted by Crippen LogP contribution is 2.22. The van der Waals surface area contributed by atoms with Crippen LogP contribution in [0.25, 0.3) is 12.2 Å². The Morgan fingerprint density at radius 2 is 2.23 bits per heavy atom. The molecule has 1 N–H and O–H groups in total. The van der Waals surface area contributed by atoms with Crippen molar-refractivity contribution in [2.24, 2.45) is 0 Å². The van der Waals surface area contributed by atoms with E-state index >= 15 is 0 Å². The molecule has 3 rings (SSSR count).